The number of imidazole rings is 1. The van der Waals surface area contributed by atoms with E-state index in [4.69, 9.17) is 14.5 Å². The molecule has 1 fully saturated rings. The number of nitrogens with zero attached hydrogens (tertiary/aromatic N) is 4. The van der Waals surface area contributed by atoms with Crippen LogP contribution < -0.4 is 9.64 Å². The van der Waals surface area contributed by atoms with E-state index in [1.54, 1.807) is 18.2 Å². The third-order valence-corrected chi connectivity index (χ3v) is 6.07. The van der Waals surface area contributed by atoms with Crippen molar-refractivity contribution in [3.8, 4) is 5.75 Å². The molecule has 1 aliphatic heterocycles. The van der Waals surface area contributed by atoms with E-state index in [-0.39, 0.29) is 5.75 Å². The molecule has 0 atom stereocenters. The zero-order valence-electron chi connectivity index (χ0n) is 19.0. The number of fused-ring (bicyclic) bond motifs is 1. The minimum Gasteiger partial charge on any atom is -0.434 e. The van der Waals surface area contributed by atoms with Gasteiger partial charge in [-0.05, 0) is 48.7 Å². The quantitative estimate of drug-likeness (QED) is 0.393. The van der Waals surface area contributed by atoms with Gasteiger partial charge in [0.15, 0.2) is 0 Å². The van der Waals surface area contributed by atoms with E-state index < -0.39 is 6.61 Å². The third kappa shape index (κ3) is 4.87. The Balaban J connectivity index is 1.34. The maximum Gasteiger partial charge on any atom is 0.387 e. The van der Waals surface area contributed by atoms with E-state index in [0.29, 0.717) is 12.1 Å². The zero-order valence-corrected chi connectivity index (χ0v) is 19.0. The molecule has 1 aliphatic rings. The van der Waals surface area contributed by atoms with Gasteiger partial charge in [0.25, 0.3) is 0 Å². The number of alkyl halides is 2. The van der Waals surface area contributed by atoms with Gasteiger partial charge in [-0.2, -0.15) is 8.78 Å². The van der Waals surface area contributed by atoms with Gasteiger partial charge in [0, 0.05) is 24.8 Å². The second-order valence-corrected chi connectivity index (χ2v) is 8.36. The first kappa shape index (κ1) is 22.3. The summed E-state index contributed by atoms with van der Waals surface area (Å²) in [6.45, 7) is 2.66. The summed E-state index contributed by atoms with van der Waals surface area (Å²) in [7, 11) is 0. The molecule has 0 aliphatic carbocycles. The number of morpholine rings is 1. The summed E-state index contributed by atoms with van der Waals surface area (Å²) < 4.78 is 37.7. The first-order valence-electron chi connectivity index (χ1n) is 11.3. The summed E-state index contributed by atoms with van der Waals surface area (Å²) >= 11 is 0. The summed E-state index contributed by atoms with van der Waals surface area (Å²) in [5, 5.41) is 0. The van der Waals surface area contributed by atoms with Gasteiger partial charge in [-0.25, -0.2) is 9.97 Å². The fourth-order valence-corrected chi connectivity index (χ4v) is 4.36. The second-order valence-electron chi connectivity index (χ2n) is 8.36. The third-order valence-electron chi connectivity index (χ3n) is 6.07. The molecule has 0 amide bonds. The molecule has 4 aromatic rings. The van der Waals surface area contributed by atoms with Crippen LogP contribution in [0.2, 0.25) is 0 Å². The standard InChI is InChI=1S/C26H26F2N4O2/c1-18-30-22-15-19(14-20-7-9-25(29-16-20)31-10-12-33-13-11-31)6-8-23(22)32(18)17-21-4-2-3-5-24(21)34-26(27)28/h2-9,15-16,26H,10-14,17H2,1H3. The normalized spacial score (nSPS) is 14.2. The molecule has 2 aromatic carbocycles. The lowest BCUT2D eigenvalue weighted by atomic mass is 10.1. The lowest BCUT2D eigenvalue weighted by Crippen LogP contribution is -2.36. The summed E-state index contributed by atoms with van der Waals surface area (Å²) in [6.07, 6.45) is 2.68. The summed E-state index contributed by atoms with van der Waals surface area (Å²) in [5.41, 5.74) is 4.78. The SMILES string of the molecule is Cc1nc2cc(Cc3ccc(N4CCOCC4)nc3)ccc2n1Cc1ccccc1OC(F)F. The minimum atomic E-state index is -2.86. The first-order chi connectivity index (χ1) is 16.6. The molecule has 0 spiro atoms. The van der Waals surface area contributed by atoms with Gasteiger partial charge in [0.2, 0.25) is 0 Å². The van der Waals surface area contributed by atoms with E-state index in [1.807, 2.05) is 29.8 Å². The number of aromatic nitrogens is 3. The molecule has 5 rings (SSSR count). The lowest BCUT2D eigenvalue weighted by molar-refractivity contribution is -0.0504. The van der Waals surface area contributed by atoms with Crippen molar-refractivity contribution in [3.05, 3.63) is 83.3 Å². The molecule has 0 saturated carbocycles. The van der Waals surface area contributed by atoms with Crippen molar-refractivity contribution < 1.29 is 18.3 Å². The number of halogens is 2. The average Bonchev–Trinajstić information content (AvgIpc) is 3.15. The van der Waals surface area contributed by atoms with E-state index in [9.17, 15) is 8.78 Å². The van der Waals surface area contributed by atoms with Gasteiger partial charge < -0.3 is 18.9 Å². The Hall–Kier alpha value is -3.52. The largest absolute Gasteiger partial charge is 0.434 e. The van der Waals surface area contributed by atoms with Crippen LogP contribution in [0, 0.1) is 6.92 Å². The minimum absolute atomic E-state index is 0.184. The smallest absolute Gasteiger partial charge is 0.387 e. The Bertz CT molecular complexity index is 1270. The van der Waals surface area contributed by atoms with Crippen LogP contribution in [0.5, 0.6) is 5.75 Å². The first-order valence-corrected chi connectivity index (χ1v) is 11.3. The predicted molar refractivity (Wildman–Crippen MR) is 127 cm³/mol. The number of hydrogen-bond acceptors (Lipinski definition) is 5. The molecule has 3 heterocycles. The fourth-order valence-electron chi connectivity index (χ4n) is 4.36. The zero-order chi connectivity index (χ0) is 23.5. The maximum atomic E-state index is 12.8. The Labute approximate surface area is 196 Å². The van der Waals surface area contributed by atoms with Gasteiger partial charge in [0.05, 0.1) is 30.8 Å². The molecule has 34 heavy (non-hydrogen) atoms. The average molecular weight is 465 g/mol. The van der Waals surface area contributed by atoms with Gasteiger partial charge in [-0.3, -0.25) is 0 Å². The van der Waals surface area contributed by atoms with Crippen molar-refractivity contribution in [2.24, 2.45) is 0 Å². The molecule has 8 heteroatoms. The highest BCUT2D eigenvalue weighted by molar-refractivity contribution is 5.77. The number of hydrogen-bond donors (Lipinski definition) is 0. The van der Waals surface area contributed by atoms with Crippen LogP contribution in [-0.2, 0) is 17.7 Å². The number of ether oxygens (including phenoxy) is 2. The highest BCUT2D eigenvalue weighted by Crippen LogP contribution is 2.25. The van der Waals surface area contributed by atoms with Crippen molar-refractivity contribution in [2.75, 3.05) is 31.2 Å². The maximum absolute atomic E-state index is 12.8. The van der Waals surface area contributed by atoms with Crippen LogP contribution in [0.4, 0.5) is 14.6 Å². The molecule has 1 saturated heterocycles. The lowest BCUT2D eigenvalue weighted by Gasteiger charge is -2.27. The second kappa shape index (κ2) is 9.77. The van der Waals surface area contributed by atoms with Crippen molar-refractivity contribution in [1.82, 2.24) is 14.5 Å². The summed E-state index contributed by atoms with van der Waals surface area (Å²) in [4.78, 5) is 11.6. The highest BCUT2D eigenvalue weighted by Gasteiger charge is 2.15. The number of aryl methyl sites for hydroxylation is 1. The van der Waals surface area contributed by atoms with Crippen molar-refractivity contribution >= 4 is 16.9 Å². The fraction of sp³-hybridized carbons (Fsp3) is 0.308. The molecular weight excluding hydrogens is 438 g/mol. The molecular formula is C26H26F2N4O2. The Morgan fingerprint density at radius 2 is 1.82 bits per heavy atom. The Morgan fingerprint density at radius 1 is 1.03 bits per heavy atom. The number of benzene rings is 2. The molecule has 0 unspecified atom stereocenters. The molecule has 0 bridgehead atoms. The number of anilines is 1. The van der Waals surface area contributed by atoms with E-state index in [1.165, 1.54) is 0 Å². The van der Waals surface area contributed by atoms with Crippen LogP contribution >= 0.6 is 0 Å². The van der Waals surface area contributed by atoms with Crippen LogP contribution in [0.1, 0.15) is 22.5 Å². The highest BCUT2D eigenvalue weighted by atomic mass is 19.3. The van der Waals surface area contributed by atoms with Crippen LogP contribution in [0.15, 0.2) is 60.8 Å². The molecule has 176 valence electrons. The monoisotopic (exact) mass is 464 g/mol. The van der Waals surface area contributed by atoms with Gasteiger partial charge in [-0.15, -0.1) is 0 Å². The van der Waals surface area contributed by atoms with Crippen molar-refractivity contribution in [3.63, 3.8) is 0 Å². The molecule has 6 nitrogen and oxygen atoms in total. The molecule has 0 radical (unpaired) electrons. The Morgan fingerprint density at radius 3 is 2.59 bits per heavy atom. The van der Waals surface area contributed by atoms with E-state index in [0.717, 1.165) is 66.5 Å². The van der Waals surface area contributed by atoms with Crippen LogP contribution in [0.3, 0.4) is 0 Å². The topological polar surface area (TPSA) is 52.4 Å². The van der Waals surface area contributed by atoms with Gasteiger partial charge >= 0.3 is 6.61 Å². The molecule has 0 N–H and O–H groups in total. The Kier molecular flexibility index (Phi) is 6.40. The summed E-state index contributed by atoms with van der Waals surface area (Å²) in [6, 6.07) is 17.2. The van der Waals surface area contributed by atoms with Gasteiger partial charge in [-0.1, -0.05) is 30.3 Å². The number of rotatable bonds is 7. The number of para-hydroxylation sites is 1. The van der Waals surface area contributed by atoms with Crippen molar-refractivity contribution in [1.29, 1.82) is 0 Å². The van der Waals surface area contributed by atoms with E-state index in [2.05, 4.69) is 34.1 Å². The molecule has 2 aromatic heterocycles. The van der Waals surface area contributed by atoms with Crippen LogP contribution in [0.25, 0.3) is 11.0 Å². The van der Waals surface area contributed by atoms with E-state index >= 15 is 0 Å². The van der Waals surface area contributed by atoms with Gasteiger partial charge in [0.1, 0.15) is 17.4 Å². The summed E-state index contributed by atoms with van der Waals surface area (Å²) in [5.74, 6) is 1.98. The van der Waals surface area contributed by atoms with Crippen LogP contribution in [-0.4, -0.2) is 47.4 Å². The number of pyridine rings is 1. The van der Waals surface area contributed by atoms with Crippen molar-refractivity contribution in [2.45, 2.75) is 26.5 Å². The predicted octanol–water partition coefficient (Wildman–Crippen LogP) is 4.82.